The van der Waals surface area contributed by atoms with Crippen LogP contribution in [-0.2, 0) is 0 Å². The molecule has 248 valence electrons. The predicted molar refractivity (Wildman–Crippen MR) is 227 cm³/mol. The van der Waals surface area contributed by atoms with Gasteiger partial charge < -0.3 is 9.32 Å². The normalized spacial score (nSPS) is 11.8. The summed E-state index contributed by atoms with van der Waals surface area (Å²) in [7, 11) is 0. The molecule has 53 heavy (non-hydrogen) atoms. The predicted octanol–water partition coefficient (Wildman–Crippen LogP) is 15.1. The zero-order chi connectivity index (χ0) is 34.9. The molecular formula is C50H31NOS. The third-order valence-electron chi connectivity index (χ3n) is 10.6. The second-order valence-electron chi connectivity index (χ2n) is 13.7. The first-order valence-electron chi connectivity index (χ1n) is 18.0. The molecule has 2 aromatic heterocycles. The molecule has 0 fully saturated rings. The van der Waals surface area contributed by atoms with E-state index < -0.39 is 0 Å². The number of fused-ring (bicyclic) bond motifs is 10. The van der Waals surface area contributed by atoms with Gasteiger partial charge in [-0.1, -0.05) is 127 Å². The van der Waals surface area contributed by atoms with Gasteiger partial charge in [-0.25, -0.2) is 0 Å². The van der Waals surface area contributed by atoms with E-state index in [-0.39, 0.29) is 0 Å². The van der Waals surface area contributed by atoms with Gasteiger partial charge in [-0.2, -0.15) is 0 Å². The monoisotopic (exact) mass is 693 g/mol. The number of benzene rings is 9. The first-order valence-corrected chi connectivity index (χ1v) is 18.8. The Morgan fingerprint density at radius 1 is 0.377 bits per heavy atom. The van der Waals surface area contributed by atoms with E-state index >= 15 is 0 Å². The Hall–Kier alpha value is -6.68. The molecule has 0 saturated carbocycles. The van der Waals surface area contributed by atoms with Crippen molar-refractivity contribution in [1.29, 1.82) is 0 Å². The molecule has 0 aliphatic heterocycles. The molecule has 0 aliphatic rings. The fourth-order valence-electron chi connectivity index (χ4n) is 8.12. The van der Waals surface area contributed by atoms with Gasteiger partial charge in [0.25, 0.3) is 0 Å². The summed E-state index contributed by atoms with van der Waals surface area (Å²) in [5, 5.41) is 9.60. The van der Waals surface area contributed by atoms with Gasteiger partial charge in [0.15, 0.2) is 0 Å². The van der Waals surface area contributed by atoms with Crippen molar-refractivity contribution >= 4 is 92.1 Å². The molecule has 0 bridgehead atoms. The molecule has 2 heterocycles. The van der Waals surface area contributed by atoms with Gasteiger partial charge >= 0.3 is 0 Å². The smallest absolute Gasteiger partial charge is 0.143 e. The fraction of sp³-hybridized carbons (Fsp3) is 0. The van der Waals surface area contributed by atoms with E-state index in [2.05, 4.69) is 193 Å². The van der Waals surface area contributed by atoms with Crippen LogP contribution in [0.15, 0.2) is 192 Å². The van der Waals surface area contributed by atoms with Gasteiger partial charge in [-0.05, 0) is 99.1 Å². The van der Waals surface area contributed by atoms with Crippen LogP contribution in [0.5, 0.6) is 0 Å². The zero-order valence-corrected chi connectivity index (χ0v) is 29.5. The number of anilines is 3. The summed E-state index contributed by atoms with van der Waals surface area (Å²) in [6.45, 7) is 0. The first kappa shape index (κ1) is 30.0. The number of furan rings is 1. The number of hydrogen-bond donors (Lipinski definition) is 0. The molecule has 9 aromatic carbocycles. The SMILES string of the molecule is c1ccc(-c2ccc(N(c3cccc(-c4ccc5ccccc5c4)c3)c3cccc4sc5ccc6oc7c8ccccc8ccc7c6c5c34)cc2)cc1. The van der Waals surface area contributed by atoms with Crippen molar-refractivity contribution in [2.45, 2.75) is 0 Å². The summed E-state index contributed by atoms with van der Waals surface area (Å²) >= 11 is 1.85. The standard InChI is InChI=1S/C50H31NOS/c1-2-10-32(11-3-1)34-22-25-39(26-23-34)51(40-16-8-15-37(31-40)38-21-20-33-12-4-5-14-36(33)30-38)43-18-9-19-45-48(43)49-46(53-45)29-28-44-47(49)42-27-24-35-13-6-7-17-41(35)50(42)52-44/h1-31H. The van der Waals surface area contributed by atoms with Crippen LogP contribution in [0, 0.1) is 0 Å². The van der Waals surface area contributed by atoms with Crippen molar-refractivity contribution < 1.29 is 4.42 Å². The van der Waals surface area contributed by atoms with Crippen LogP contribution < -0.4 is 4.90 Å². The molecule has 0 N–H and O–H groups in total. The van der Waals surface area contributed by atoms with Gasteiger partial charge in [-0.3, -0.25) is 0 Å². The van der Waals surface area contributed by atoms with E-state index in [1.807, 2.05) is 11.3 Å². The minimum absolute atomic E-state index is 0.912. The molecule has 11 rings (SSSR count). The highest BCUT2D eigenvalue weighted by atomic mass is 32.1. The molecule has 0 radical (unpaired) electrons. The number of thiophene rings is 1. The second kappa shape index (κ2) is 11.9. The molecule has 0 aliphatic carbocycles. The van der Waals surface area contributed by atoms with E-state index in [4.69, 9.17) is 4.42 Å². The van der Waals surface area contributed by atoms with E-state index in [0.29, 0.717) is 0 Å². The summed E-state index contributed by atoms with van der Waals surface area (Å²) in [5.41, 5.74) is 9.97. The highest BCUT2D eigenvalue weighted by Crippen LogP contribution is 2.49. The molecule has 3 heteroatoms. The topological polar surface area (TPSA) is 16.4 Å². The molecular weight excluding hydrogens is 663 g/mol. The largest absolute Gasteiger partial charge is 0.455 e. The summed E-state index contributed by atoms with van der Waals surface area (Å²) in [4.78, 5) is 2.43. The third-order valence-corrected chi connectivity index (χ3v) is 11.7. The number of nitrogens with zero attached hydrogens (tertiary/aromatic N) is 1. The number of rotatable bonds is 5. The van der Waals surface area contributed by atoms with Crippen LogP contribution in [0.25, 0.3) is 85.9 Å². The summed E-state index contributed by atoms with van der Waals surface area (Å²) in [6, 6.07) is 68.0. The van der Waals surface area contributed by atoms with Crippen molar-refractivity contribution in [1.82, 2.24) is 0 Å². The first-order chi connectivity index (χ1) is 26.3. The van der Waals surface area contributed by atoms with Gasteiger partial charge in [0.05, 0.1) is 5.69 Å². The molecule has 0 saturated heterocycles. The summed E-state index contributed by atoms with van der Waals surface area (Å²) in [6.07, 6.45) is 0. The van der Waals surface area contributed by atoms with Crippen LogP contribution in [0.4, 0.5) is 17.1 Å². The lowest BCUT2D eigenvalue weighted by Crippen LogP contribution is -2.10. The lowest BCUT2D eigenvalue weighted by Gasteiger charge is -2.27. The molecule has 0 unspecified atom stereocenters. The van der Waals surface area contributed by atoms with Crippen LogP contribution >= 0.6 is 11.3 Å². The summed E-state index contributed by atoms with van der Waals surface area (Å²) in [5.74, 6) is 0. The van der Waals surface area contributed by atoms with Crippen molar-refractivity contribution in [2.75, 3.05) is 4.90 Å². The zero-order valence-electron chi connectivity index (χ0n) is 28.7. The van der Waals surface area contributed by atoms with E-state index in [1.54, 1.807) is 0 Å². The number of hydrogen-bond acceptors (Lipinski definition) is 3. The lowest BCUT2D eigenvalue weighted by atomic mass is 9.99. The Labute approximate surface area is 310 Å². The Balaban J connectivity index is 1.17. The van der Waals surface area contributed by atoms with Crippen molar-refractivity contribution in [3.63, 3.8) is 0 Å². The maximum Gasteiger partial charge on any atom is 0.143 e. The van der Waals surface area contributed by atoms with Crippen LogP contribution in [-0.4, -0.2) is 0 Å². The van der Waals surface area contributed by atoms with E-state index in [1.165, 1.54) is 64.0 Å². The van der Waals surface area contributed by atoms with Crippen molar-refractivity contribution in [3.05, 3.63) is 188 Å². The minimum Gasteiger partial charge on any atom is -0.455 e. The van der Waals surface area contributed by atoms with Crippen LogP contribution in [0.2, 0.25) is 0 Å². The lowest BCUT2D eigenvalue weighted by molar-refractivity contribution is 0.673. The van der Waals surface area contributed by atoms with E-state index in [9.17, 15) is 0 Å². The Morgan fingerprint density at radius 2 is 1.06 bits per heavy atom. The third kappa shape index (κ3) is 4.86. The fourth-order valence-corrected chi connectivity index (χ4v) is 9.26. The quantitative estimate of drug-likeness (QED) is 0.178. The molecule has 0 spiro atoms. The van der Waals surface area contributed by atoms with Gasteiger partial charge in [-0.15, -0.1) is 11.3 Å². The second-order valence-corrected chi connectivity index (χ2v) is 14.8. The van der Waals surface area contributed by atoms with Crippen molar-refractivity contribution in [3.8, 4) is 22.3 Å². The Kier molecular flexibility index (Phi) is 6.76. The molecule has 0 atom stereocenters. The maximum absolute atomic E-state index is 6.70. The van der Waals surface area contributed by atoms with Crippen LogP contribution in [0.1, 0.15) is 0 Å². The van der Waals surface area contributed by atoms with E-state index in [0.717, 1.165) is 39.0 Å². The Bertz CT molecular complexity index is 3170. The average molecular weight is 694 g/mol. The molecule has 2 nitrogen and oxygen atoms in total. The molecule has 0 amide bonds. The minimum atomic E-state index is 0.912. The molecule has 11 aromatic rings. The maximum atomic E-state index is 6.70. The average Bonchev–Trinajstić information content (AvgIpc) is 3.81. The Morgan fingerprint density at radius 3 is 1.94 bits per heavy atom. The highest BCUT2D eigenvalue weighted by molar-refractivity contribution is 7.26. The van der Waals surface area contributed by atoms with Crippen LogP contribution in [0.3, 0.4) is 0 Å². The highest BCUT2D eigenvalue weighted by Gasteiger charge is 2.22. The summed E-state index contributed by atoms with van der Waals surface area (Å²) < 4.78 is 9.20. The van der Waals surface area contributed by atoms with Crippen molar-refractivity contribution in [2.24, 2.45) is 0 Å². The van der Waals surface area contributed by atoms with Gasteiger partial charge in [0.1, 0.15) is 11.2 Å². The van der Waals surface area contributed by atoms with Gasteiger partial charge in [0, 0.05) is 47.7 Å². The van der Waals surface area contributed by atoms with Gasteiger partial charge in [0.2, 0.25) is 0 Å².